The first-order valence-electron chi connectivity index (χ1n) is 8.07. The number of hydrogen-bond acceptors (Lipinski definition) is 6. The third kappa shape index (κ3) is 3.49. The molecule has 4 aromatic rings. The van der Waals surface area contributed by atoms with Crippen molar-refractivity contribution in [2.45, 2.75) is 13.8 Å². The van der Waals surface area contributed by atoms with Crippen LogP contribution in [0.3, 0.4) is 0 Å². The molecule has 0 atom stereocenters. The standard InChI is InChI=1S/C19H16IN5S/c1-11-4-3-5-12(2)15(11)24-19-25-16-17(21-10-22-18(16)26-19)23-14-8-6-13(20)7-9-14/h3-10H,1-2H3,(H,24,25)(H,21,22,23). The van der Waals surface area contributed by atoms with Crippen molar-refractivity contribution in [3.05, 3.63) is 63.5 Å². The highest BCUT2D eigenvalue weighted by molar-refractivity contribution is 14.1. The van der Waals surface area contributed by atoms with Crippen molar-refractivity contribution in [1.82, 2.24) is 15.0 Å². The van der Waals surface area contributed by atoms with Gasteiger partial charge in [0, 0.05) is 14.9 Å². The van der Waals surface area contributed by atoms with Gasteiger partial charge in [0.2, 0.25) is 0 Å². The lowest BCUT2D eigenvalue weighted by atomic mass is 10.1. The summed E-state index contributed by atoms with van der Waals surface area (Å²) < 4.78 is 1.19. The Hall–Kier alpha value is -2.26. The molecule has 0 bridgehead atoms. The van der Waals surface area contributed by atoms with Gasteiger partial charge in [0.05, 0.1) is 0 Å². The fraction of sp³-hybridized carbons (Fsp3) is 0.105. The van der Waals surface area contributed by atoms with Gasteiger partial charge in [-0.05, 0) is 71.8 Å². The van der Waals surface area contributed by atoms with E-state index in [1.54, 1.807) is 6.33 Å². The number of halogens is 1. The summed E-state index contributed by atoms with van der Waals surface area (Å²) in [5.74, 6) is 0.710. The number of benzene rings is 2. The van der Waals surface area contributed by atoms with E-state index in [2.05, 4.69) is 87.4 Å². The highest BCUT2D eigenvalue weighted by Gasteiger charge is 2.12. The summed E-state index contributed by atoms with van der Waals surface area (Å²) >= 11 is 3.81. The number of thiazole rings is 1. The summed E-state index contributed by atoms with van der Waals surface area (Å²) in [4.78, 5) is 14.3. The van der Waals surface area contributed by atoms with Gasteiger partial charge in [0.1, 0.15) is 11.8 Å². The molecule has 0 amide bonds. The quantitative estimate of drug-likeness (QED) is 0.367. The Morgan fingerprint density at radius 2 is 1.65 bits per heavy atom. The zero-order chi connectivity index (χ0) is 18.1. The van der Waals surface area contributed by atoms with E-state index in [9.17, 15) is 0 Å². The zero-order valence-electron chi connectivity index (χ0n) is 14.2. The van der Waals surface area contributed by atoms with Crippen molar-refractivity contribution in [1.29, 1.82) is 0 Å². The predicted molar refractivity (Wildman–Crippen MR) is 117 cm³/mol. The molecule has 130 valence electrons. The van der Waals surface area contributed by atoms with Gasteiger partial charge in [0.25, 0.3) is 0 Å². The third-order valence-corrected chi connectivity index (χ3v) is 5.61. The number of nitrogens with one attached hydrogen (secondary N) is 2. The van der Waals surface area contributed by atoms with Gasteiger partial charge >= 0.3 is 0 Å². The van der Waals surface area contributed by atoms with Crippen molar-refractivity contribution < 1.29 is 0 Å². The van der Waals surface area contributed by atoms with E-state index in [0.29, 0.717) is 5.82 Å². The number of fused-ring (bicyclic) bond motifs is 1. The van der Waals surface area contributed by atoms with E-state index in [0.717, 1.165) is 26.9 Å². The van der Waals surface area contributed by atoms with Gasteiger partial charge in [-0.3, -0.25) is 0 Å². The lowest BCUT2D eigenvalue weighted by molar-refractivity contribution is 1.21. The Morgan fingerprint density at radius 1 is 0.923 bits per heavy atom. The molecular weight excluding hydrogens is 457 g/mol. The second kappa shape index (κ2) is 7.16. The van der Waals surface area contributed by atoms with Crippen LogP contribution >= 0.6 is 33.9 Å². The molecule has 0 unspecified atom stereocenters. The molecule has 5 nitrogen and oxygen atoms in total. The van der Waals surface area contributed by atoms with Crippen LogP contribution in [0.25, 0.3) is 10.3 Å². The summed E-state index contributed by atoms with van der Waals surface area (Å²) in [6, 6.07) is 14.4. The summed E-state index contributed by atoms with van der Waals surface area (Å²) in [5, 5.41) is 7.58. The maximum absolute atomic E-state index is 4.72. The highest BCUT2D eigenvalue weighted by Crippen LogP contribution is 2.32. The summed E-state index contributed by atoms with van der Waals surface area (Å²) in [5.41, 5.74) is 5.21. The van der Waals surface area contributed by atoms with Crippen molar-refractivity contribution in [2.24, 2.45) is 0 Å². The van der Waals surface area contributed by atoms with E-state index in [1.807, 2.05) is 12.1 Å². The average molecular weight is 473 g/mol. The number of nitrogens with zero attached hydrogens (tertiary/aromatic N) is 3. The molecular formula is C19H16IN5S. The molecule has 2 aromatic heterocycles. The molecule has 0 aliphatic heterocycles. The van der Waals surface area contributed by atoms with Gasteiger partial charge in [-0.2, -0.15) is 0 Å². The lowest BCUT2D eigenvalue weighted by Crippen LogP contribution is -1.97. The molecule has 26 heavy (non-hydrogen) atoms. The third-order valence-electron chi connectivity index (χ3n) is 4.02. The Labute approximate surface area is 169 Å². The molecule has 0 saturated heterocycles. The highest BCUT2D eigenvalue weighted by atomic mass is 127. The number of para-hydroxylation sites is 1. The molecule has 2 heterocycles. The van der Waals surface area contributed by atoms with Crippen LogP contribution in [0.15, 0.2) is 48.8 Å². The van der Waals surface area contributed by atoms with E-state index in [1.165, 1.54) is 26.0 Å². The maximum atomic E-state index is 4.72. The Bertz CT molecular complexity index is 1050. The molecule has 7 heteroatoms. The van der Waals surface area contributed by atoms with Crippen LogP contribution in [0.4, 0.5) is 22.3 Å². The van der Waals surface area contributed by atoms with Gasteiger partial charge in [-0.1, -0.05) is 29.5 Å². The molecule has 0 fully saturated rings. The lowest BCUT2D eigenvalue weighted by Gasteiger charge is -2.09. The molecule has 2 N–H and O–H groups in total. The molecule has 4 rings (SSSR count). The van der Waals surface area contributed by atoms with Crippen LogP contribution in [0.2, 0.25) is 0 Å². The van der Waals surface area contributed by atoms with Gasteiger partial charge in [-0.15, -0.1) is 0 Å². The number of anilines is 4. The SMILES string of the molecule is Cc1cccc(C)c1Nc1nc2c(Nc3ccc(I)cc3)ncnc2s1. The van der Waals surface area contributed by atoms with Crippen LogP contribution in [-0.4, -0.2) is 15.0 Å². The summed E-state index contributed by atoms with van der Waals surface area (Å²) in [7, 11) is 0. The van der Waals surface area contributed by atoms with Gasteiger partial charge < -0.3 is 10.6 Å². The van der Waals surface area contributed by atoms with Crippen LogP contribution in [0.5, 0.6) is 0 Å². The van der Waals surface area contributed by atoms with Crippen molar-refractivity contribution >= 4 is 66.6 Å². The summed E-state index contributed by atoms with van der Waals surface area (Å²) in [6.07, 6.45) is 1.57. The second-order valence-corrected chi connectivity index (χ2v) is 8.14. The molecule has 0 spiro atoms. The average Bonchev–Trinajstić information content (AvgIpc) is 3.04. The minimum Gasteiger partial charge on any atom is -0.338 e. The largest absolute Gasteiger partial charge is 0.338 e. The van der Waals surface area contributed by atoms with E-state index in [4.69, 9.17) is 4.98 Å². The number of aryl methyl sites for hydroxylation is 2. The van der Waals surface area contributed by atoms with E-state index in [-0.39, 0.29) is 0 Å². The second-order valence-electron chi connectivity index (χ2n) is 5.92. The van der Waals surface area contributed by atoms with Crippen LogP contribution < -0.4 is 10.6 Å². The Morgan fingerprint density at radius 3 is 2.38 bits per heavy atom. The van der Waals surface area contributed by atoms with Crippen LogP contribution in [0, 0.1) is 17.4 Å². The Balaban J connectivity index is 1.68. The van der Waals surface area contributed by atoms with E-state index >= 15 is 0 Å². The molecule has 0 saturated carbocycles. The van der Waals surface area contributed by atoms with Crippen molar-refractivity contribution in [2.75, 3.05) is 10.6 Å². The molecule has 0 aliphatic carbocycles. The predicted octanol–water partition coefficient (Wildman–Crippen LogP) is 5.79. The minimum absolute atomic E-state index is 0.710. The number of hydrogen-bond donors (Lipinski definition) is 2. The van der Waals surface area contributed by atoms with Crippen LogP contribution in [-0.2, 0) is 0 Å². The zero-order valence-corrected chi connectivity index (χ0v) is 17.2. The normalized spacial score (nSPS) is 10.9. The summed E-state index contributed by atoms with van der Waals surface area (Å²) in [6.45, 7) is 4.18. The number of rotatable bonds is 4. The first-order valence-corrected chi connectivity index (χ1v) is 9.97. The first-order chi connectivity index (χ1) is 12.6. The minimum atomic E-state index is 0.710. The molecule has 0 aliphatic rings. The fourth-order valence-electron chi connectivity index (χ4n) is 2.69. The van der Waals surface area contributed by atoms with Crippen LogP contribution in [0.1, 0.15) is 11.1 Å². The van der Waals surface area contributed by atoms with Crippen molar-refractivity contribution in [3.63, 3.8) is 0 Å². The van der Waals surface area contributed by atoms with E-state index < -0.39 is 0 Å². The first kappa shape index (κ1) is 17.2. The smallest absolute Gasteiger partial charge is 0.189 e. The van der Waals surface area contributed by atoms with Gasteiger partial charge in [0.15, 0.2) is 15.8 Å². The van der Waals surface area contributed by atoms with Gasteiger partial charge in [-0.25, -0.2) is 15.0 Å². The fourth-order valence-corrected chi connectivity index (χ4v) is 3.86. The molecule has 2 aromatic carbocycles. The van der Waals surface area contributed by atoms with Crippen molar-refractivity contribution in [3.8, 4) is 0 Å². The Kier molecular flexibility index (Phi) is 4.73. The topological polar surface area (TPSA) is 62.7 Å². The monoisotopic (exact) mass is 473 g/mol. The number of aromatic nitrogens is 3. The molecule has 0 radical (unpaired) electrons. The maximum Gasteiger partial charge on any atom is 0.189 e.